The Labute approximate surface area is 120 Å². The van der Waals surface area contributed by atoms with Crippen LogP contribution in [0.2, 0.25) is 0 Å². The molecule has 0 fully saturated rings. The zero-order valence-electron chi connectivity index (χ0n) is 11.1. The van der Waals surface area contributed by atoms with E-state index in [0.717, 1.165) is 17.0 Å². The molecule has 0 aliphatic rings. The van der Waals surface area contributed by atoms with Gasteiger partial charge in [0.2, 0.25) is 0 Å². The fourth-order valence-electron chi connectivity index (χ4n) is 1.97. The summed E-state index contributed by atoms with van der Waals surface area (Å²) in [7, 11) is 1.64. The Hall–Kier alpha value is -1.62. The Morgan fingerprint density at radius 3 is 2.47 bits per heavy atom. The van der Waals surface area contributed by atoms with Crippen molar-refractivity contribution in [3.63, 3.8) is 0 Å². The fraction of sp³-hybridized carbons (Fsp3) is 0.286. The van der Waals surface area contributed by atoms with Gasteiger partial charge in [0.1, 0.15) is 10.4 Å². The first-order chi connectivity index (χ1) is 9.02. The zero-order valence-corrected chi connectivity index (χ0v) is 12.7. The fourth-order valence-corrected chi connectivity index (χ4v) is 2.72. The second kappa shape index (κ2) is 5.57. The lowest BCUT2D eigenvalue weighted by molar-refractivity contribution is 0.101. The number of Topliss-reactive ketones (excluding diaryl/α,β-unsaturated/α-hetero) is 1. The van der Waals surface area contributed by atoms with Crippen molar-refractivity contribution in [2.45, 2.75) is 20.4 Å². The number of hydrogen-bond acceptors (Lipinski definition) is 3. The first-order valence-corrected chi connectivity index (χ1v) is 6.69. The van der Waals surface area contributed by atoms with E-state index in [0.29, 0.717) is 16.7 Å². The molecule has 2 rings (SSSR count). The molecule has 5 heteroatoms. The highest BCUT2D eigenvalue weighted by atomic mass is 79.9. The lowest BCUT2D eigenvalue weighted by Crippen LogP contribution is -2.05. The largest absolute Gasteiger partial charge is 0.497 e. The lowest BCUT2D eigenvalue weighted by Gasteiger charge is -2.06. The smallest absolute Gasteiger partial charge is 0.164 e. The standard InChI is InChI=1S/C14H15BrN2O2/c1-9-13(10(2)18)14(15)16-17(9)8-11-4-6-12(19-3)7-5-11/h4-7H,8H2,1-3H3. The molecule has 4 nitrogen and oxygen atoms in total. The van der Waals surface area contributed by atoms with Gasteiger partial charge in [0.25, 0.3) is 0 Å². The molecule has 1 aromatic heterocycles. The Morgan fingerprint density at radius 2 is 2.00 bits per heavy atom. The minimum absolute atomic E-state index is 0.0188. The number of carbonyl (C=O) groups is 1. The number of rotatable bonds is 4. The molecule has 0 saturated heterocycles. The molecule has 0 radical (unpaired) electrons. The van der Waals surface area contributed by atoms with Gasteiger partial charge in [-0.1, -0.05) is 12.1 Å². The minimum Gasteiger partial charge on any atom is -0.497 e. The molecule has 100 valence electrons. The Kier molecular flexibility index (Phi) is 4.04. The molecule has 0 atom stereocenters. The summed E-state index contributed by atoms with van der Waals surface area (Å²) >= 11 is 3.33. The maximum absolute atomic E-state index is 11.5. The van der Waals surface area contributed by atoms with E-state index in [9.17, 15) is 4.79 Å². The number of nitrogens with zero attached hydrogens (tertiary/aromatic N) is 2. The maximum atomic E-state index is 11.5. The molecule has 1 heterocycles. The van der Waals surface area contributed by atoms with E-state index in [1.165, 1.54) is 0 Å². The Morgan fingerprint density at radius 1 is 1.37 bits per heavy atom. The molecule has 0 N–H and O–H groups in total. The average Bonchev–Trinajstić information content (AvgIpc) is 2.65. The molecule has 0 bridgehead atoms. The summed E-state index contributed by atoms with van der Waals surface area (Å²) in [6.45, 7) is 4.08. The van der Waals surface area contributed by atoms with Crippen LogP contribution in [0.3, 0.4) is 0 Å². The summed E-state index contributed by atoms with van der Waals surface area (Å²) in [6, 6.07) is 7.80. The van der Waals surface area contributed by atoms with E-state index in [-0.39, 0.29) is 5.78 Å². The summed E-state index contributed by atoms with van der Waals surface area (Å²) in [6.07, 6.45) is 0. The van der Waals surface area contributed by atoms with Crippen molar-refractivity contribution in [3.8, 4) is 5.75 Å². The first-order valence-electron chi connectivity index (χ1n) is 5.89. The van der Waals surface area contributed by atoms with Crippen molar-refractivity contribution < 1.29 is 9.53 Å². The van der Waals surface area contributed by atoms with Crippen LogP contribution in [0.15, 0.2) is 28.9 Å². The number of ketones is 1. The topological polar surface area (TPSA) is 44.1 Å². The van der Waals surface area contributed by atoms with Gasteiger partial charge in [0.15, 0.2) is 5.78 Å². The number of aromatic nitrogens is 2. The van der Waals surface area contributed by atoms with Crippen LogP contribution in [0.25, 0.3) is 0 Å². The highest BCUT2D eigenvalue weighted by molar-refractivity contribution is 9.10. The van der Waals surface area contributed by atoms with Gasteiger partial charge in [0, 0.05) is 5.69 Å². The molecule has 0 aliphatic heterocycles. The van der Waals surface area contributed by atoms with E-state index >= 15 is 0 Å². The number of hydrogen-bond donors (Lipinski definition) is 0. The molecule has 0 amide bonds. The van der Waals surface area contributed by atoms with Gasteiger partial charge in [0.05, 0.1) is 19.2 Å². The third kappa shape index (κ3) is 2.87. The first kappa shape index (κ1) is 13.8. The van der Waals surface area contributed by atoms with Gasteiger partial charge >= 0.3 is 0 Å². The van der Waals surface area contributed by atoms with Crippen LogP contribution in [-0.2, 0) is 6.54 Å². The number of benzene rings is 1. The SMILES string of the molecule is COc1ccc(Cn2nc(Br)c(C(C)=O)c2C)cc1. The molecule has 0 saturated carbocycles. The minimum atomic E-state index is 0.0188. The predicted octanol–water partition coefficient (Wildman–Crippen LogP) is 3.21. The third-order valence-electron chi connectivity index (χ3n) is 3.01. The van der Waals surface area contributed by atoms with Crippen molar-refractivity contribution in [3.05, 3.63) is 45.7 Å². The summed E-state index contributed by atoms with van der Waals surface area (Å²) < 4.78 is 7.55. The predicted molar refractivity (Wildman–Crippen MR) is 76.8 cm³/mol. The molecule has 0 aliphatic carbocycles. The van der Waals surface area contributed by atoms with Crippen LogP contribution in [0, 0.1) is 6.92 Å². The van der Waals surface area contributed by atoms with E-state index in [1.54, 1.807) is 14.0 Å². The van der Waals surface area contributed by atoms with Gasteiger partial charge < -0.3 is 4.74 Å². The second-order valence-corrected chi connectivity index (χ2v) is 5.06. The number of ether oxygens (including phenoxy) is 1. The van der Waals surface area contributed by atoms with Crippen molar-refractivity contribution >= 4 is 21.7 Å². The highest BCUT2D eigenvalue weighted by Gasteiger charge is 2.16. The van der Waals surface area contributed by atoms with Gasteiger partial charge in [-0.3, -0.25) is 9.48 Å². The molecule has 19 heavy (non-hydrogen) atoms. The van der Waals surface area contributed by atoms with Crippen molar-refractivity contribution in [2.24, 2.45) is 0 Å². The van der Waals surface area contributed by atoms with Crippen LogP contribution in [0.4, 0.5) is 0 Å². The zero-order chi connectivity index (χ0) is 14.0. The Bertz CT molecular complexity index is 603. The molecule has 2 aromatic rings. The highest BCUT2D eigenvalue weighted by Crippen LogP contribution is 2.21. The average molecular weight is 323 g/mol. The normalized spacial score (nSPS) is 10.5. The number of methoxy groups -OCH3 is 1. The summed E-state index contributed by atoms with van der Waals surface area (Å²) in [4.78, 5) is 11.5. The van der Waals surface area contributed by atoms with Gasteiger partial charge in [-0.05, 0) is 47.5 Å². The number of carbonyl (C=O) groups excluding carboxylic acids is 1. The van der Waals surface area contributed by atoms with Crippen LogP contribution in [0.1, 0.15) is 28.5 Å². The number of halogens is 1. The van der Waals surface area contributed by atoms with E-state index in [1.807, 2.05) is 35.9 Å². The molecule has 1 aromatic carbocycles. The monoisotopic (exact) mass is 322 g/mol. The van der Waals surface area contributed by atoms with Crippen LogP contribution >= 0.6 is 15.9 Å². The molecular weight excluding hydrogens is 308 g/mol. The van der Waals surface area contributed by atoms with Gasteiger partial charge in [-0.25, -0.2) is 0 Å². The van der Waals surface area contributed by atoms with Crippen molar-refractivity contribution in [1.82, 2.24) is 9.78 Å². The van der Waals surface area contributed by atoms with Gasteiger partial charge in [-0.2, -0.15) is 5.10 Å². The lowest BCUT2D eigenvalue weighted by atomic mass is 10.2. The van der Waals surface area contributed by atoms with E-state index in [2.05, 4.69) is 21.0 Å². The van der Waals surface area contributed by atoms with Crippen LogP contribution < -0.4 is 4.74 Å². The van der Waals surface area contributed by atoms with E-state index < -0.39 is 0 Å². The summed E-state index contributed by atoms with van der Waals surface area (Å²) in [5, 5.41) is 4.35. The third-order valence-corrected chi connectivity index (χ3v) is 3.56. The van der Waals surface area contributed by atoms with Crippen molar-refractivity contribution in [1.29, 1.82) is 0 Å². The van der Waals surface area contributed by atoms with Crippen LogP contribution in [0.5, 0.6) is 5.75 Å². The van der Waals surface area contributed by atoms with E-state index in [4.69, 9.17) is 4.74 Å². The molecule has 0 spiro atoms. The maximum Gasteiger partial charge on any atom is 0.164 e. The second-order valence-electron chi connectivity index (χ2n) is 4.31. The molecule has 0 unspecified atom stereocenters. The van der Waals surface area contributed by atoms with Crippen molar-refractivity contribution in [2.75, 3.05) is 7.11 Å². The Balaban J connectivity index is 2.28. The summed E-state index contributed by atoms with van der Waals surface area (Å²) in [5.41, 5.74) is 2.62. The molecular formula is C14H15BrN2O2. The van der Waals surface area contributed by atoms with Gasteiger partial charge in [-0.15, -0.1) is 0 Å². The quantitative estimate of drug-likeness (QED) is 0.812. The summed E-state index contributed by atoms with van der Waals surface area (Å²) in [5.74, 6) is 0.844. The van der Waals surface area contributed by atoms with Crippen LogP contribution in [-0.4, -0.2) is 22.7 Å².